The Balaban J connectivity index is 1.57. The second kappa shape index (κ2) is 6.81. The number of carbonyl (C=O) groups is 1. The quantitative estimate of drug-likeness (QED) is 0.519. The molecule has 4 heteroatoms. The Bertz CT molecular complexity index is 387. The van der Waals surface area contributed by atoms with Crippen LogP contribution in [0, 0.1) is 0 Å². The van der Waals surface area contributed by atoms with Crippen LogP contribution < -0.4 is 10.6 Å². The Kier molecular flexibility index (Phi) is 5.08. The maximum absolute atomic E-state index is 11.7. The maximum atomic E-state index is 11.7. The summed E-state index contributed by atoms with van der Waals surface area (Å²) in [4.78, 5) is 12.6. The minimum absolute atomic E-state index is 0.0911. The van der Waals surface area contributed by atoms with Gasteiger partial charge in [-0.25, -0.2) is 0 Å². The summed E-state index contributed by atoms with van der Waals surface area (Å²) >= 11 is 4.22. The van der Waals surface area contributed by atoms with Crippen LogP contribution in [0.3, 0.4) is 0 Å². The van der Waals surface area contributed by atoms with Crippen molar-refractivity contribution < 1.29 is 4.79 Å². The van der Waals surface area contributed by atoms with E-state index in [2.05, 4.69) is 23.3 Å². The second-order valence-corrected chi connectivity index (χ2v) is 5.29. The summed E-state index contributed by atoms with van der Waals surface area (Å²) in [5, 5.41) is 6.37. The minimum Gasteiger partial charge on any atom is -0.356 e. The van der Waals surface area contributed by atoms with Gasteiger partial charge in [0.25, 0.3) is 0 Å². The van der Waals surface area contributed by atoms with Gasteiger partial charge in [0.05, 0.1) is 6.42 Å². The van der Waals surface area contributed by atoms with E-state index in [0.29, 0.717) is 6.42 Å². The van der Waals surface area contributed by atoms with Gasteiger partial charge in [0.1, 0.15) is 0 Å². The van der Waals surface area contributed by atoms with Crippen molar-refractivity contribution in [1.29, 1.82) is 0 Å². The molecule has 0 aromatic heterocycles. The van der Waals surface area contributed by atoms with Gasteiger partial charge < -0.3 is 10.6 Å². The van der Waals surface area contributed by atoms with Crippen LogP contribution in [0.5, 0.6) is 0 Å². The van der Waals surface area contributed by atoms with Gasteiger partial charge in [-0.2, -0.15) is 0 Å². The van der Waals surface area contributed by atoms with Crippen LogP contribution in [0.15, 0.2) is 29.2 Å². The van der Waals surface area contributed by atoms with Crippen LogP contribution in [0.1, 0.15) is 24.8 Å². The third-order valence-corrected chi connectivity index (χ3v) is 3.29. The predicted octanol–water partition coefficient (Wildman–Crippen LogP) is 1.78. The first kappa shape index (κ1) is 13.4. The van der Waals surface area contributed by atoms with Crippen LogP contribution in [-0.2, 0) is 11.2 Å². The van der Waals surface area contributed by atoms with Gasteiger partial charge in [-0.05, 0) is 43.5 Å². The molecule has 1 saturated carbocycles. The van der Waals surface area contributed by atoms with Crippen molar-refractivity contribution in [3.63, 3.8) is 0 Å². The van der Waals surface area contributed by atoms with Crippen LogP contribution in [0.4, 0.5) is 0 Å². The number of nitrogens with one attached hydrogen (secondary N) is 2. The topological polar surface area (TPSA) is 41.1 Å². The molecule has 18 heavy (non-hydrogen) atoms. The molecule has 0 unspecified atom stereocenters. The van der Waals surface area contributed by atoms with E-state index in [4.69, 9.17) is 0 Å². The SMILES string of the molecule is O=C(Cc1ccc(S)cc1)NCCCNC1CC1. The Morgan fingerprint density at radius 2 is 1.94 bits per heavy atom. The Labute approximate surface area is 114 Å². The molecule has 0 atom stereocenters. The molecule has 1 amide bonds. The number of rotatable bonds is 7. The van der Waals surface area contributed by atoms with Crippen LogP contribution in [-0.4, -0.2) is 25.0 Å². The summed E-state index contributed by atoms with van der Waals surface area (Å²) in [5.41, 5.74) is 1.03. The molecule has 0 saturated heterocycles. The first-order valence-corrected chi connectivity index (χ1v) is 6.97. The van der Waals surface area contributed by atoms with E-state index >= 15 is 0 Å². The third-order valence-electron chi connectivity index (χ3n) is 2.99. The molecule has 0 aliphatic heterocycles. The lowest BCUT2D eigenvalue weighted by Crippen LogP contribution is -2.29. The van der Waals surface area contributed by atoms with E-state index in [9.17, 15) is 4.79 Å². The fourth-order valence-corrected chi connectivity index (χ4v) is 1.92. The molecule has 1 aliphatic carbocycles. The van der Waals surface area contributed by atoms with Gasteiger partial charge in [0.15, 0.2) is 0 Å². The summed E-state index contributed by atoms with van der Waals surface area (Å²) in [6.07, 6.45) is 4.07. The van der Waals surface area contributed by atoms with Crippen molar-refractivity contribution in [2.45, 2.75) is 36.6 Å². The summed E-state index contributed by atoms with van der Waals surface area (Å²) in [6, 6.07) is 8.45. The Morgan fingerprint density at radius 3 is 2.61 bits per heavy atom. The lowest BCUT2D eigenvalue weighted by molar-refractivity contribution is -0.120. The molecular formula is C14H20N2OS. The molecule has 0 spiro atoms. The zero-order valence-corrected chi connectivity index (χ0v) is 11.4. The number of benzene rings is 1. The largest absolute Gasteiger partial charge is 0.356 e. The summed E-state index contributed by atoms with van der Waals surface area (Å²) in [6.45, 7) is 1.75. The lowest BCUT2D eigenvalue weighted by Gasteiger charge is -2.06. The average Bonchev–Trinajstić information content (AvgIpc) is 3.16. The number of amides is 1. The van der Waals surface area contributed by atoms with Crippen molar-refractivity contribution in [3.05, 3.63) is 29.8 Å². The number of thiol groups is 1. The molecule has 98 valence electrons. The molecule has 1 aliphatic rings. The van der Waals surface area contributed by atoms with Gasteiger partial charge >= 0.3 is 0 Å². The lowest BCUT2D eigenvalue weighted by atomic mass is 10.1. The van der Waals surface area contributed by atoms with Crippen molar-refractivity contribution in [2.24, 2.45) is 0 Å². The summed E-state index contributed by atoms with van der Waals surface area (Å²) in [7, 11) is 0. The highest BCUT2D eigenvalue weighted by atomic mass is 32.1. The van der Waals surface area contributed by atoms with Gasteiger partial charge in [0.2, 0.25) is 5.91 Å². The highest BCUT2D eigenvalue weighted by Crippen LogP contribution is 2.18. The molecule has 3 nitrogen and oxygen atoms in total. The fourth-order valence-electron chi connectivity index (χ4n) is 1.77. The van der Waals surface area contributed by atoms with E-state index in [0.717, 1.165) is 36.0 Å². The van der Waals surface area contributed by atoms with Crippen molar-refractivity contribution in [1.82, 2.24) is 10.6 Å². The maximum Gasteiger partial charge on any atom is 0.224 e. The monoisotopic (exact) mass is 264 g/mol. The van der Waals surface area contributed by atoms with Crippen LogP contribution >= 0.6 is 12.6 Å². The molecule has 2 rings (SSSR count). The molecule has 1 aromatic rings. The Hall–Kier alpha value is -1.00. The van der Waals surface area contributed by atoms with Crippen molar-refractivity contribution in [3.8, 4) is 0 Å². The highest BCUT2D eigenvalue weighted by molar-refractivity contribution is 7.80. The van der Waals surface area contributed by atoms with Crippen molar-refractivity contribution >= 4 is 18.5 Å². The van der Waals surface area contributed by atoms with E-state index in [1.54, 1.807) is 0 Å². The zero-order chi connectivity index (χ0) is 12.8. The summed E-state index contributed by atoms with van der Waals surface area (Å²) < 4.78 is 0. The normalized spacial score (nSPS) is 14.5. The molecule has 0 radical (unpaired) electrons. The van der Waals surface area contributed by atoms with Crippen LogP contribution in [0.25, 0.3) is 0 Å². The standard InChI is InChI=1S/C14H20N2OS/c17-14(10-11-2-6-13(18)7-3-11)16-9-1-8-15-12-4-5-12/h2-3,6-7,12,15,18H,1,4-5,8-10H2,(H,16,17). The molecular weight excluding hydrogens is 244 g/mol. The second-order valence-electron chi connectivity index (χ2n) is 4.78. The van der Waals surface area contributed by atoms with Gasteiger partial charge in [-0.3, -0.25) is 4.79 Å². The predicted molar refractivity (Wildman–Crippen MR) is 76.0 cm³/mol. The average molecular weight is 264 g/mol. The van der Waals surface area contributed by atoms with E-state index < -0.39 is 0 Å². The molecule has 1 aromatic carbocycles. The molecule has 1 fully saturated rings. The van der Waals surface area contributed by atoms with Crippen molar-refractivity contribution in [2.75, 3.05) is 13.1 Å². The first-order chi connectivity index (χ1) is 8.74. The Morgan fingerprint density at radius 1 is 1.22 bits per heavy atom. The van der Waals surface area contributed by atoms with E-state index in [1.165, 1.54) is 12.8 Å². The third kappa shape index (κ3) is 5.10. The minimum atomic E-state index is 0.0911. The van der Waals surface area contributed by atoms with Crippen LogP contribution in [0.2, 0.25) is 0 Å². The highest BCUT2D eigenvalue weighted by Gasteiger charge is 2.19. The number of carbonyl (C=O) groups excluding carboxylic acids is 1. The van der Waals surface area contributed by atoms with E-state index in [1.807, 2.05) is 24.3 Å². The molecule has 0 bridgehead atoms. The smallest absolute Gasteiger partial charge is 0.224 e. The van der Waals surface area contributed by atoms with Gasteiger partial charge in [0, 0.05) is 17.5 Å². The zero-order valence-electron chi connectivity index (χ0n) is 10.5. The van der Waals surface area contributed by atoms with E-state index in [-0.39, 0.29) is 5.91 Å². The van der Waals surface area contributed by atoms with Gasteiger partial charge in [-0.15, -0.1) is 12.6 Å². The van der Waals surface area contributed by atoms with Gasteiger partial charge in [-0.1, -0.05) is 12.1 Å². The molecule has 2 N–H and O–H groups in total. The first-order valence-electron chi connectivity index (χ1n) is 6.52. The summed E-state index contributed by atoms with van der Waals surface area (Å²) in [5.74, 6) is 0.0911. The molecule has 0 heterocycles. The number of hydrogen-bond donors (Lipinski definition) is 3. The fraction of sp³-hybridized carbons (Fsp3) is 0.500. The number of hydrogen-bond acceptors (Lipinski definition) is 3.